The third-order valence-electron chi connectivity index (χ3n) is 4.92. The molecule has 0 aliphatic carbocycles. The van der Waals surface area contributed by atoms with E-state index < -0.39 is 0 Å². The highest BCUT2D eigenvalue weighted by atomic mass is 35.5. The highest BCUT2D eigenvalue weighted by molar-refractivity contribution is 6.31. The lowest BCUT2D eigenvalue weighted by Gasteiger charge is -2.18. The second-order valence-corrected chi connectivity index (χ2v) is 8.42. The van der Waals surface area contributed by atoms with Crippen LogP contribution in [0.2, 0.25) is 5.02 Å². The van der Waals surface area contributed by atoms with Crippen molar-refractivity contribution in [2.45, 2.75) is 59.0 Å². The zero-order valence-electron chi connectivity index (χ0n) is 18.1. The molecule has 1 atom stereocenters. The van der Waals surface area contributed by atoms with E-state index in [-0.39, 0.29) is 24.6 Å². The number of hydrogen-bond donors (Lipinski definition) is 4. The van der Waals surface area contributed by atoms with Crippen LogP contribution in [-0.2, 0) is 0 Å². The zero-order valence-corrected chi connectivity index (χ0v) is 18.8. The van der Waals surface area contributed by atoms with Gasteiger partial charge in [-0.05, 0) is 44.4 Å². The SMILES string of the molecule is CCC(CO)N=c1nc(Nc2cc(N)cc(Cl)c2)c2n[nH]c(C(C)C)c2n1C(C)C. The molecule has 0 amide bonds. The van der Waals surface area contributed by atoms with Crippen molar-refractivity contribution in [2.24, 2.45) is 4.99 Å². The predicted molar refractivity (Wildman–Crippen MR) is 122 cm³/mol. The summed E-state index contributed by atoms with van der Waals surface area (Å²) in [6.07, 6.45) is 0.713. The van der Waals surface area contributed by atoms with Crippen molar-refractivity contribution in [1.82, 2.24) is 19.7 Å². The molecule has 0 aliphatic heterocycles. The molecule has 0 fully saturated rings. The van der Waals surface area contributed by atoms with Crippen molar-refractivity contribution in [3.63, 3.8) is 0 Å². The molecule has 9 heteroatoms. The summed E-state index contributed by atoms with van der Waals surface area (Å²) in [5, 5.41) is 21.3. The number of hydrogen-bond acceptors (Lipinski definition) is 6. The van der Waals surface area contributed by atoms with Crippen molar-refractivity contribution in [3.8, 4) is 0 Å². The second kappa shape index (κ2) is 9.06. The summed E-state index contributed by atoms with van der Waals surface area (Å²) in [6.45, 7) is 10.4. The summed E-state index contributed by atoms with van der Waals surface area (Å²) in [4.78, 5) is 9.55. The first-order chi connectivity index (χ1) is 14.2. The fourth-order valence-electron chi connectivity index (χ4n) is 3.38. The molecule has 2 heterocycles. The molecule has 3 aromatic rings. The lowest BCUT2D eigenvalue weighted by atomic mass is 10.1. The van der Waals surface area contributed by atoms with Gasteiger partial charge >= 0.3 is 0 Å². The van der Waals surface area contributed by atoms with Gasteiger partial charge in [0.05, 0.1) is 23.9 Å². The van der Waals surface area contributed by atoms with Crippen LogP contribution in [0.3, 0.4) is 0 Å². The number of H-pyrrole nitrogens is 1. The van der Waals surface area contributed by atoms with E-state index in [0.717, 1.165) is 11.2 Å². The monoisotopic (exact) mass is 431 g/mol. The number of halogens is 1. The molecule has 5 N–H and O–H groups in total. The zero-order chi connectivity index (χ0) is 22.0. The quantitative estimate of drug-likeness (QED) is 0.420. The van der Waals surface area contributed by atoms with Crippen molar-refractivity contribution >= 4 is 39.8 Å². The van der Waals surface area contributed by atoms with Gasteiger partial charge in [0.25, 0.3) is 0 Å². The number of aliphatic hydroxyl groups is 1. The minimum Gasteiger partial charge on any atom is -0.399 e. The fraction of sp³-hybridized carbons (Fsp3) is 0.476. The van der Waals surface area contributed by atoms with Crippen molar-refractivity contribution in [2.75, 3.05) is 17.7 Å². The topological polar surface area (TPSA) is 117 Å². The van der Waals surface area contributed by atoms with Gasteiger partial charge in [-0.15, -0.1) is 0 Å². The van der Waals surface area contributed by atoms with Gasteiger partial charge in [0.2, 0.25) is 5.62 Å². The number of nitrogens with two attached hydrogens (primary N) is 1. The first-order valence-corrected chi connectivity index (χ1v) is 10.6. The van der Waals surface area contributed by atoms with E-state index in [1.165, 1.54) is 0 Å². The van der Waals surface area contributed by atoms with Crippen LogP contribution >= 0.6 is 11.6 Å². The van der Waals surface area contributed by atoms with E-state index >= 15 is 0 Å². The molecule has 8 nitrogen and oxygen atoms in total. The highest BCUT2D eigenvalue weighted by Gasteiger charge is 2.20. The van der Waals surface area contributed by atoms with Crippen LogP contribution in [0.25, 0.3) is 11.0 Å². The molecule has 3 rings (SSSR count). The van der Waals surface area contributed by atoms with E-state index in [2.05, 4.69) is 47.8 Å². The lowest BCUT2D eigenvalue weighted by Crippen LogP contribution is -2.30. The summed E-state index contributed by atoms with van der Waals surface area (Å²) >= 11 is 6.17. The Balaban J connectivity index is 2.33. The van der Waals surface area contributed by atoms with Gasteiger partial charge in [-0.2, -0.15) is 10.1 Å². The van der Waals surface area contributed by atoms with E-state index in [4.69, 9.17) is 27.3 Å². The van der Waals surface area contributed by atoms with Crippen molar-refractivity contribution in [1.29, 1.82) is 0 Å². The van der Waals surface area contributed by atoms with Crippen LogP contribution in [0.15, 0.2) is 23.2 Å². The number of nitrogens with zero attached hydrogens (tertiary/aromatic N) is 4. The van der Waals surface area contributed by atoms with Crippen LogP contribution < -0.4 is 16.7 Å². The molecule has 2 aromatic heterocycles. The molecule has 1 aromatic carbocycles. The van der Waals surface area contributed by atoms with Crippen molar-refractivity contribution in [3.05, 3.63) is 34.5 Å². The molecule has 162 valence electrons. The standard InChI is InChI=1S/C21H30ClN7O/c1-6-15(10-30)25-21-26-20(24-16-8-13(22)7-14(23)9-16)18-19(29(21)12(4)5)17(11(2)3)27-28-18/h7-9,11-12,15,30H,6,10,23H2,1-5H3,(H,27,28)(H,24,25,26). The van der Waals surface area contributed by atoms with Crippen LogP contribution in [0.4, 0.5) is 17.2 Å². The number of fused-ring (bicyclic) bond motifs is 1. The maximum absolute atomic E-state index is 9.71. The van der Waals surface area contributed by atoms with E-state index in [0.29, 0.717) is 39.8 Å². The van der Waals surface area contributed by atoms with E-state index in [1.807, 2.05) is 6.92 Å². The fourth-order valence-corrected chi connectivity index (χ4v) is 3.62. The third-order valence-corrected chi connectivity index (χ3v) is 5.13. The molecule has 0 aliphatic rings. The Labute approximate surface area is 181 Å². The van der Waals surface area contributed by atoms with Gasteiger partial charge in [-0.1, -0.05) is 32.4 Å². The third kappa shape index (κ3) is 4.44. The Hall–Kier alpha value is -2.58. The van der Waals surface area contributed by atoms with Gasteiger partial charge in [-0.3, -0.25) is 5.10 Å². The highest BCUT2D eigenvalue weighted by Crippen LogP contribution is 2.30. The van der Waals surface area contributed by atoms with Gasteiger partial charge in [0, 0.05) is 22.4 Å². The summed E-state index contributed by atoms with van der Waals surface area (Å²) < 4.78 is 2.07. The number of nitrogen functional groups attached to an aromatic ring is 1. The van der Waals surface area contributed by atoms with Crippen LogP contribution in [0.1, 0.15) is 58.7 Å². The Morgan fingerprint density at radius 3 is 2.57 bits per heavy atom. The summed E-state index contributed by atoms with van der Waals surface area (Å²) in [5.41, 5.74) is 10.4. The number of rotatable bonds is 7. The normalized spacial score (nSPS) is 13.6. The summed E-state index contributed by atoms with van der Waals surface area (Å²) in [5.74, 6) is 0.781. The minimum atomic E-state index is -0.232. The molecule has 0 saturated carbocycles. The average molecular weight is 432 g/mol. The molecular weight excluding hydrogens is 402 g/mol. The summed E-state index contributed by atoms with van der Waals surface area (Å²) in [7, 11) is 0. The van der Waals surface area contributed by atoms with E-state index in [9.17, 15) is 5.11 Å². The Morgan fingerprint density at radius 2 is 2.00 bits per heavy atom. The Kier molecular flexibility index (Phi) is 6.67. The average Bonchev–Trinajstić information content (AvgIpc) is 3.10. The maximum atomic E-state index is 9.71. The largest absolute Gasteiger partial charge is 0.399 e. The van der Waals surface area contributed by atoms with Gasteiger partial charge in [0.1, 0.15) is 0 Å². The molecule has 0 spiro atoms. The van der Waals surface area contributed by atoms with Gasteiger partial charge in [-0.25, -0.2) is 4.99 Å². The summed E-state index contributed by atoms with van der Waals surface area (Å²) in [6, 6.07) is 5.12. The second-order valence-electron chi connectivity index (χ2n) is 7.99. The van der Waals surface area contributed by atoms with Gasteiger partial charge < -0.3 is 20.7 Å². The van der Waals surface area contributed by atoms with Gasteiger partial charge in [0.15, 0.2) is 11.3 Å². The first-order valence-electron chi connectivity index (χ1n) is 10.2. The number of aliphatic hydroxyl groups excluding tert-OH is 1. The molecule has 0 radical (unpaired) electrons. The predicted octanol–water partition coefficient (Wildman–Crippen LogP) is 4.11. The minimum absolute atomic E-state index is 0.0374. The Morgan fingerprint density at radius 1 is 1.27 bits per heavy atom. The lowest BCUT2D eigenvalue weighted by molar-refractivity contribution is 0.260. The first kappa shape index (κ1) is 22.1. The van der Waals surface area contributed by atoms with E-state index in [1.54, 1.807) is 18.2 Å². The number of nitrogens with one attached hydrogen (secondary N) is 2. The molecule has 0 bridgehead atoms. The molecule has 0 saturated heterocycles. The van der Waals surface area contributed by atoms with Crippen LogP contribution in [0, 0.1) is 0 Å². The number of aromatic amines is 1. The smallest absolute Gasteiger partial charge is 0.228 e. The van der Waals surface area contributed by atoms with Crippen LogP contribution in [-0.4, -0.2) is 37.5 Å². The molecule has 30 heavy (non-hydrogen) atoms. The molecule has 1 unspecified atom stereocenters. The number of benzene rings is 1. The maximum Gasteiger partial charge on any atom is 0.228 e. The number of anilines is 3. The van der Waals surface area contributed by atoms with Crippen LogP contribution in [0.5, 0.6) is 0 Å². The number of aromatic nitrogens is 4. The Bertz CT molecular complexity index is 1080. The van der Waals surface area contributed by atoms with Crippen molar-refractivity contribution < 1.29 is 5.11 Å². The molecular formula is C21H30ClN7O.